The molecule has 7 nitrogen and oxygen atoms in total. The lowest BCUT2D eigenvalue weighted by Crippen LogP contribution is -2.15. The quantitative estimate of drug-likeness (QED) is 0.367. The monoisotopic (exact) mass is 422 g/mol. The van der Waals surface area contributed by atoms with Crippen LogP contribution in [0.3, 0.4) is 0 Å². The van der Waals surface area contributed by atoms with Crippen molar-refractivity contribution in [2.45, 2.75) is 26.7 Å². The summed E-state index contributed by atoms with van der Waals surface area (Å²) in [5, 5.41) is 12.2. The zero-order valence-corrected chi connectivity index (χ0v) is 18.1. The fraction of sp³-hybridized carbons (Fsp3) is 0.292. The van der Waals surface area contributed by atoms with Gasteiger partial charge in [-0.2, -0.15) is 5.26 Å². The topological polar surface area (TPSA) is 97.7 Å². The molecule has 0 aliphatic carbocycles. The molecule has 0 saturated heterocycles. The molecule has 1 N–H and O–H groups in total. The molecule has 0 atom stereocenters. The minimum absolute atomic E-state index is 0.0600. The van der Waals surface area contributed by atoms with Crippen LogP contribution in [0, 0.1) is 11.3 Å². The van der Waals surface area contributed by atoms with Crippen molar-refractivity contribution in [2.24, 2.45) is 0 Å². The molecule has 0 aliphatic heterocycles. The zero-order chi connectivity index (χ0) is 22.8. The van der Waals surface area contributed by atoms with Crippen LogP contribution in [0.5, 0.6) is 11.5 Å². The predicted octanol–water partition coefficient (Wildman–Crippen LogP) is 4.31. The Labute approximate surface area is 182 Å². The summed E-state index contributed by atoms with van der Waals surface area (Å²) in [5.74, 6) is 0.0965. The molecule has 0 fully saturated rings. The van der Waals surface area contributed by atoms with Gasteiger partial charge in [-0.05, 0) is 54.3 Å². The van der Waals surface area contributed by atoms with Gasteiger partial charge in [0, 0.05) is 5.69 Å². The van der Waals surface area contributed by atoms with Gasteiger partial charge in [-0.1, -0.05) is 32.0 Å². The number of hydrogen-bond donors (Lipinski definition) is 1. The maximum absolute atomic E-state index is 12.5. The number of ether oxygens (including phenoxy) is 3. The first kappa shape index (κ1) is 23.5. The highest BCUT2D eigenvalue weighted by atomic mass is 16.6. The molecule has 0 aromatic heterocycles. The molecule has 2 rings (SSSR count). The van der Waals surface area contributed by atoms with E-state index in [4.69, 9.17) is 14.2 Å². The average molecular weight is 422 g/mol. The molecule has 31 heavy (non-hydrogen) atoms. The summed E-state index contributed by atoms with van der Waals surface area (Å²) >= 11 is 0. The lowest BCUT2D eigenvalue weighted by molar-refractivity contribution is -0.145. The second kappa shape index (κ2) is 11.4. The van der Waals surface area contributed by atoms with E-state index in [0.717, 1.165) is 5.56 Å². The summed E-state index contributed by atoms with van der Waals surface area (Å²) < 4.78 is 15.5. The maximum atomic E-state index is 12.5. The van der Waals surface area contributed by atoms with E-state index in [0.29, 0.717) is 28.7 Å². The molecule has 0 unspecified atom stereocenters. The predicted molar refractivity (Wildman–Crippen MR) is 118 cm³/mol. The third kappa shape index (κ3) is 6.89. The van der Waals surface area contributed by atoms with E-state index in [9.17, 15) is 14.9 Å². The largest absolute Gasteiger partial charge is 0.493 e. The maximum Gasteiger partial charge on any atom is 0.344 e. The third-order valence-corrected chi connectivity index (χ3v) is 4.35. The summed E-state index contributed by atoms with van der Waals surface area (Å²) in [6.07, 6.45) is 1.45. The van der Waals surface area contributed by atoms with Gasteiger partial charge in [0.15, 0.2) is 18.1 Å². The van der Waals surface area contributed by atoms with E-state index in [1.165, 1.54) is 13.2 Å². The van der Waals surface area contributed by atoms with Crippen molar-refractivity contribution >= 4 is 23.6 Å². The average Bonchev–Trinajstić information content (AvgIpc) is 2.76. The summed E-state index contributed by atoms with van der Waals surface area (Å²) in [6.45, 7) is 5.91. The Bertz CT molecular complexity index is 988. The molecule has 1 amide bonds. The van der Waals surface area contributed by atoms with Crippen LogP contribution < -0.4 is 14.8 Å². The fourth-order valence-electron chi connectivity index (χ4n) is 2.70. The van der Waals surface area contributed by atoms with Gasteiger partial charge in [-0.25, -0.2) is 4.79 Å². The first-order chi connectivity index (χ1) is 14.9. The van der Waals surface area contributed by atoms with Crippen LogP contribution in [0.1, 0.15) is 37.8 Å². The van der Waals surface area contributed by atoms with Crippen LogP contribution in [-0.4, -0.2) is 32.2 Å². The SMILES string of the molecule is CCOC(=O)COc1ccc(/C=C(\C#N)C(=O)Nc2ccc(C(C)C)cc2)cc1OC. The van der Waals surface area contributed by atoms with E-state index in [-0.39, 0.29) is 18.8 Å². The Morgan fingerprint density at radius 1 is 1.13 bits per heavy atom. The molecular weight excluding hydrogens is 396 g/mol. The van der Waals surface area contributed by atoms with Gasteiger partial charge in [0.25, 0.3) is 5.91 Å². The standard InChI is InChI=1S/C24H26N2O5/c1-5-30-23(27)15-31-21-11-6-17(13-22(21)29-4)12-19(14-25)24(28)26-20-9-7-18(8-10-20)16(2)3/h6-13,16H,5,15H2,1-4H3,(H,26,28)/b19-12+. The normalized spacial score (nSPS) is 10.9. The highest BCUT2D eigenvalue weighted by Gasteiger charge is 2.12. The lowest BCUT2D eigenvalue weighted by atomic mass is 10.0. The molecule has 0 radical (unpaired) electrons. The second-order valence-corrected chi connectivity index (χ2v) is 6.90. The number of nitrogens with zero attached hydrogens (tertiary/aromatic N) is 1. The molecule has 0 spiro atoms. The Morgan fingerprint density at radius 3 is 2.42 bits per heavy atom. The van der Waals surface area contributed by atoms with Crippen molar-refractivity contribution in [3.05, 3.63) is 59.2 Å². The highest BCUT2D eigenvalue weighted by molar-refractivity contribution is 6.09. The number of benzene rings is 2. The Hall–Kier alpha value is -3.79. The molecule has 7 heteroatoms. The van der Waals surface area contributed by atoms with Crippen LogP contribution in [-0.2, 0) is 14.3 Å². The number of rotatable bonds is 9. The number of carbonyl (C=O) groups is 2. The van der Waals surface area contributed by atoms with Crippen molar-refractivity contribution in [2.75, 3.05) is 25.6 Å². The number of nitriles is 1. The van der Waals surface area contributed by atoms with Gasteiger partial charge in [0.2, 0.25) is 0 Å². The Kier molecular flexibility index (Phi) is 8.64. The third-order valence-electron chi connectivity index (χ3n) is 4.35. The van der Waals surface area contributed by atoms with E-state index < -0.39 is 11.9 Å². The summed E-state index contributed by atoms with van der Waals surface area (Å²) in [6, 6.07) is 14.3. The van der Waals surface area contributed by atoms with Crippen molar-refractivity contribution in [1.82, 2.24) is 0 Å². The van der Waals surface area contributed by atoms with E-state index in [1.54, 1.807) is 37.3 Å². The molecule has 0 saturated carbocycles. The smallest absolute Gasteiger partial charge is 0.344 e. The number of esters is 1. The zero-order valence-electron chi connectivity index (χ0n) is 18.1. The first-order valence-electron chi connectivity index (χ1n) is 9.87. The summed E-state index contributed by atoms with van der Waals surface area (Å²) in [4.78, 5) is 24.0. The fourth-order valence-corrected chi connectivity index (χ4v) is 2.70. The van der Waals surface area contributed by atoms with Crippen molar-refractivity contribution in [3.63, 3.8) is 0 Å². The highest BCUT2D eigenvalue weighted by Crippen LogP contribution is 2.29. The number of methoxy groups -OCH3 is 1. The van der Waals surface area contributed by atoms with E-state index >= 15 is 0 Å². The van der Waals surface area contributed by atoms with Crippen LogP contribution in [0.15, 0.2) is 48.0 Å². The van der Waals surface area contributed by atoms with Gasteiger partial charge in [0.05, 0.1) is 13.7 Å². The Balaban J connectivity index is 2.14. The number of amides is 1. The van der Waals surface area contributed by atoms with E-state index in [2.05, 4.69) is 19.2 Å². The molecule has 0 aliphatic rings. The molecule has 162 valence electrons. The molecule has 2 aromatic carbocycles. The van der Waals surface area contributed by atoms with Gasteiger partial charge in [-0.15, -0.1) is 0 Å². The molecule has 0 bridgehead atoms. The summed E-state index contributed by atoms with van der Waals surface area (Å²) in [5.41, 5.74) is 2.28. The van der Waals surface area contributed by atoms with Crippen LogP contribution >= 0.6 is 0 Å². The number of nitrogens with one attached hydrogen (secondary N) is 1. The lowest BCUT2D eigenvalue weighted by Gasteiger charge is -2.11. The minimum atomic E-state index is -0.513. The van der Waals surface area contributed by atoms with Gasteiger partial charge in [0.1, 0.15) is 11.6 Å². The Morgan fingerprint density at radius 2 is 1.84 bits per heavy atom. The van der Waals surface area contributed by atoms with Crippen LogP contribution in [0.4, 0.5) is 5.69 Å². The van der Waals surface area contributed by atoms with Crippen LogP contribution in [0.2, 0.25) is 0 Å². The van der Waals surface area contributed by atoms with Crippen molar-refractivity contribution < 1.29 is 23.8 Å². The van der Waals surface area contributed by atoms with Crippen molar-refractivity contribution in [3.8, 4) is 17.6 Å². The first-order valence-corrected chi connectivity index (χ1v) is 9.87. The van der Waals surface area contributed by atoms with Crippen molar-refractivity contribution in [1.29, 1.82) is 5.26 Å². The number of hydrogen-bond acceptors (Lipinski definition) is 6. The molecular formula is C24H26N2O5. The molecule has 0 heterocycles. The number of anilines is 1. The minimum Gasteiger partial charge on any atom is -0.493 e. The molecule has 2 aromatic rings. The van der Waals surface area contributed by atoms with Gasteiger partial charge < -0.3 is 19.5 Å². The summed E-state index contributed by atoms with van der Waals surface area (Å²) in [7, 11) is 1.46. The van der Waals surface area contributed by atoms with E-state index in [1.807, 2.05) is 18.2 Å². The second-order valence-electron chi connectivity index (χ2n) is 6.90. The number of carbonyl (C=O) groups excluding carboxylic acids is 2. The van der Waals surface area contributed by atoms with Gasteiger partial charge >= 0.3 is 5.97 Å². The van der Waals surface area contributed by atoms with Crippen LogP contribution in [0.25, 0.3) is 6.08 Å². The van der Waals surface area contributed by atoms with Gasteiger partial charge in [-0.3, -0.25) is 4.79 Å².